The molecule has 2 heterocycles. The van der Waals surface area contributed by atoms with Crippen molar-refractivity contribution in [2.45, 2.75) is 13.1 Å². The van der Waals surface area contributed by atoms with E-state index in [4.69, 9.17) is 0 Å². The van der Waals surface area contributed by atoms with E-state index in [1.54, 1.807) is 11.6 Å². The highest BCUT2D eigenvalue weighted by molar-refractivity contribution is 5.85. The topological polar surface area (TPSA) is 67.6 Å². The van der Waals surface area contributed by atoms with Crippen LogP contribution in [0.3, 0.4) is 0 Å². The average molecular weight is 197 g/mol. The van der Waals surface area contributed by atoms with Gasteiger partial charge < -0.3 is 14.5 Å². The molecule has 76 valence electrons. The number of imidazole rings is 1. The van der Waals surface area contributed by atoms with Crippen molar-refractivity contribution in [1.82, 2.24) is 14.6 Å². The second-order valence-corrected chi connectivity index (χ2v) is 3.20. The van der Waals surface area contributed by atoms with Crippen LogP contribution in [0.1, 0.15) is 22.0 Å². The van der Waals surface area contributed by atoms with Gasteiger partial charge in [-0.3, -0.25) is 0 Å². The van der Waals surface area contributed by atoms with Crippen LogP contribution in [0.25, 0.3) is 0 Å². The smallest absolute Gasteiger partial charge is 0.374 e. The zero-order valence-electron chi connectivity index (χ0n) is 8.02. The lowest BCUT2D eigenvalue weighted by atomic mass is 10.4. The number of rotatable bonds is 1. The summed E-state index contributed by atoms with van der Waals surface area (Å²) < 4.78 is 6.23. The van der Waals surface area contributed by atoms with Crippen molar-refractivity contribution >= 4 is 5.97 Å². The summed E-state index contributed by atoms with van der Waals surface area (Å²) in [6.45, 7) is 0.760. The zero-order chi connectivity index (χ0) is 10.3. The Hall–Kier alpha value is -1.40. The van der Waals surface area contributed by atoms with Gasteiger partial charge in [-0.1, -0.05) is 0 Å². The van der Waals surface area contributed by atoms with Gasteiger partial charge in [-0.25, -0.2) is 9.78 Å². The largest absolute Gasteiger partial charge is 0.463 e. The van der Waals surface area contributed by atoms with E-state index in [-0.39, 0.29) is 5.82 Å². The minimum Gasteiger partial charge on any atom is -0.463 e. The molecular formula is C8H11N3O3. The number of nitrogens with zero attached hydrogens (tertiary/aromatic N) is 3. The molecule has 0 aliphatic carbocycles. The molecule has 1 aromatic heterocycles. The number of fused-ring (bicyclic) bond motifs is 1. The quantitative estimate of drug-likeness (QED) is 0.637. The van der Waals surface area contributed by atoms with Gasteiger partial charge in [-0.2, -0.15) is 5.06 Å². The van der Waals surface area contributed by atoms with Crippen molar-refractivity contribution in [1.29, 1.82) is 0 Å². The Bertz CT molecular complexity index is 385. The first-order valence-corrected chi connectivity index (χ1v) is 4.20. The van der Waals surface area contributed by atoms with E-state index in [1.807, 2.05) is 0 Å². The number of carbonyl (C=O) groups is 1. The standard InChI is InChI=1S/C8H11N3O3/c1-10-6-4-11(13)3-5(6)9-7(10)8(12)14-2/h13H,3-4H2,1-2H3. The Morgan fingerprint density at radius 3 is 2.86 bits per heavy atom. The van der Waals surface area contributed by atoms with Crippen LogP contribution in [0.4, 0.5) is 0 Å². The fraction of sp³-hybridized carbons (Fsp3) is 0.500. The molecule has 1 N–H and O–H groups in total. The van der Waals surface area contributed by atoms with E-state index in [0.717, 1.165) is 16.5 Å². The summed E-state index contributed by atoms with van der Waals surface area (Å²) in [6.07, 6.45) is 0. The molecule has 0 bridgehead atoms. The minimum absolute atomic E-state index is 0.283. The predicted molar refractivity (Wildman–Crippen MR) is 45.6 cm³/mol. The highest BCUT2D eigenvalue weighted by atomic mass is 16.5. The summed E-state index contributed by atoms with van der Waals surface area (Å²) in [5.74, 6) is -0.169. The minimum atomic E-state index is -0.452. The number of hydrogen-bond donors (Lipinski definition) is 1. The molecule has 1 aromatic rings. The number of ether oxygens (including phenoxy) is 1. The van der Waals surface area contributed by atoms with Crippen LogP contribution in [0.2, 0.25) is 0 Å². The van der Waals surface area contributed by atoms with Crippen molar-refractivity contribution < 1.29 is 14.7 Å². The lowest BCUT2D eigenvalue weighted by Gasteiger charge is -2.06. The lowest BCUT2D eigenvalue weighted by molar-refractivity contribution is -0.0986. The number of hydrogen-bond acceptors (Lipinski definition) is 5. The predicted octanol–water partition coefficient (Wildman–Crippen LogP) is -0.0885. The third-order valence-corrected chi connectivity index (χ3v) is 2.33. The molecular weight excluding hydrogens is 186 g/mol. The summed E-state index contributed by atoms with van der Waals surface area (Å²) >= 11 is 0. The number of hydroxylamine groups is 2. The summed E-state index contributed by atoms with van der Waals surface area (Å²) in [4.78, 5) is 15.3. The van der Waals surface area contributed by atoms with E-state index < -0.39 is 5.97 Å². The first kappa shape index (κ1) is 9.17. The van der Waals surface area contributed by atoms with Crippen molar-refractivity contribution in [2.75, 3.05) is 7.11 Å². The molecule has 0 amide bonds. The maximum absolute atomic E-state index is 11.2. The maximum Gasteiger partial charge on any atom is 0.374 e. The van der Waals surface area contributed by atoms with Crippen LogP contribution in [0, 0.1) is 0 Å². The van der Waals surface area contributed by atoms with Crippen LogP contribution < -0.4 is 0 Å². The van der Waals surface area contributed by atoms with Gasteiger partial charge in [0.2, 0.25) is 5.82 Å². The van der Waals surface area contributed by atoms with E-state index in [1.165, 1.54) is 7.11 Å². The van der Waals surface area contributed by atoms with Crippen LogP contribution in [-0.2, 0) is 24.9 Å². The Morgan fingerprint density at radius 2 is 2.29 bits per heavy atom. The van der Waals surface area contributed by atoms with Gasteiger partial charge in [0.1, 0.15) is 0 Å². The molecule has 0 aromatic carbocycles. The molecule has 0 radical (unpaired) electrons. The number of carbonyl (C=O) groups excluding carboxylic acids is 1. The number of methoxy groups -OCH3 is 1. The van der Waals surface area contributed by atoms with E-state index in [9.17, 15) is 10.0 Å². The van der Waals surface area contributed by atoms with Gasteiger partial charge in [0.05, 0.1) is 31.6 Å². The van der Waals surface area contributed by atoms with Crippen LogP contribution in [0.5, 0.6) is 0 Å². The Morgan fingerprint density at radius 1 is 1.57 bits per heavy atom. The fourth-order valence-electron chi connectivity index (χ4n) is 1.59. The van der Waals surface area contributed by atoms with Crippen molar-refractivity contribution in [3.05, 3.63) is 17.2 Å². The molecule has 14 heavy (non-hydrogen) atoms. The van der Waals surface area contributed by atoms with Gasteiger partial charge in [0, 0.05) is 7.05 Å². The number of esters is 1. The first-order valence-electron chi connectivity index (χ1n) is 4.20. The van der Waals surface area contributed by atoms with Gasteiger partial charge >= 0.3 is 5.97 Å². The molecule has 6 heteroatoms. The summed E-state index contributed by atoms with van der Waals surface area (Å²) in [7, 11) is 3.05. The molecule has 0 saturated heterocycles. The molecule has 2 rings (SSSR count). The highest BCUT2D eigenvalue weighted by Gasteiger charge is 2.27. The molecule has 6 nitrogen and oxygen atoms in total. The molecule has 0 atom stereocenters. The monoisotopic (exact) mass is 197 g/mol. The fourth-order valence-corrected chi connectivity index (χ4v) is 1.59. The van der Waals surface area contributed by atoms with Crippen LogP contribution in [-0.4, -0.2) is 32.9 Å². The Balaban J connectivity index is 2.40. The molecule has 0 saturated carbocycles. The van der Waals surface area contributed by atoms with E-state index in [0.29, 0.717) is 13.1 Å². The highest BCUT2D eigenvalue weighted by Crippen LogP contribution is 2.21. The van der Waals surface area contributed by atoms with Crippen molar-refractivity contribution in [3.8, 4) is 0 Å². The van der Waals surface area contributed by atoms with E-state index in [2.05, 4.69) is 9.72 Å². The molecule has 1 aliphatic heterocycles. The number of aromatic nitrogens is 2. The third kappa shape index (κ3) is 1.19. The normalized spacial score (nSPS) is 15.6. The maximum atomic E-state index is 11.2. The average Bonchev–Trinajstić information content (AvgIpc) is 2.64. The Kier molecular flexibility index (Phi) is 2.01. The lowest BCUT2D eigenvalue weighted by Crippen LogP contribution is -2.15. The second kappa shape index (κ2) is 3.07. The molecule has 0 spiro atoms. The Labute approximate surface area is 80.7 Å². The van der Waals surface area contributed by atoms with E-state index >= 15 is 0 Å². The summed E-state index contributed by atoms with van der Waals surface area (Å²) in [5, 5.41) is 10.4. The van der Waals surface area contributed by atoms with Crippen molar-refractivity contribution in [3.63, 3.8) is 0 Å². The first-order chi connectivity index (χ1) is 6.63. The van der Waals surface area contributed by atoms with Gasteiger partial charge in [-0.15, -0.1) is 0 Å². The van der Waals surface area contributed by atoms with Gasteiger partial charge in [0.15, 0.2) is 0 Å². The third-order valence-electron chi connectivity index (χ3n) is 2.33. The second-order valence-electron chi connectivity index (χ2n) is 3.20. The van der Waals surface area contributed by atoms with Crippen molar-refractivity contribution in [2.24, 2.45) is 7.05 Å². The summed E-state index contributed by atoms with van der Waals surface area (Å²) in [6, 6.07) is 0. The summed E-state index contributed by atoms with van der Waals surface area (Å²) in [5.41, 5.74) is 1.59. The van der Waals surface area contributed by atoms with Crippen LogP contribution >= 0.6 is 0 Å². The molecule has 0 unspecified atom stereocenters. The van der Waals surface area contributed by atoms with Gasteiger partial charge in [-0.05, 0) is 0 Å². The van der Waals surface area contributed by atoms with Gasteiger partial charge in [0.25, 0.3) is 0 Å². The molecule has 0 fully saturated rings. The molecule has 1 aliphatic rings. The zero-order valence-corrected chi connectivity index (χ0v) is 8.02. The SMILES string of the molecule is COC(=O)c1nc2c(n1C)CN(O)C2. The van der Waals surface area contributed by atoms with Crippen LogP contribution in [0.15, 0.2) is 0 Å².